The van der Waals surface area contributed by atoms with Crippen LogP contribution in [0.3, 0.4) is 0 Å². The van der Waals surface area contributed by atoms with Crippen molar-refractivity contribution in [1.29, 1.82) is 0 Å². The van der Waals surface area contributed by atoms with E-state index in [9.17, 15) is 18.4 Å². The van der Waals surface area contributed by atoms with Gasteiger partial charge >= 0.3 is 11.9 Å². The fourth-order valence-electron chi connectivity index (χ4n) is 1.02. The molecular formula is C10H8BrF2NO3. The highest BCUT2D eigenvalue weighted by Gasteiger charge is 2.50. The third-order valence-corrected chi connectivity index (χ3v) is 2.43. The molecule has 0 atom stereocenters. The number of aromatic nitrogens is 1. The van der Waals surface area contributed by atoms with Crippen molar-refractivity contribution in [2.45, 2.75) is 12.8 Å². The number of esters is 1. The molecule has 0 saturated heterocycles. The van der Waals surface area contributed by atoms with Crippen LogP contribution in [-0.2, 0) is 9.53 Å². The maximum Gasteiger partial charge on any atom is 0.405 e. The van der Waals surface area contributed by atoms with Gasteiger partial charge in [-0.25, -0.2) is 4.79 Å². The van der Waals surface area contributed by atoms with Gasteiger partial charge in [0.15, 0.2) is 0 Å². The minimum Gasteiger partial charge on any atom is -0.461 e. The average Bonchev–Trinajstić information content (AvgIpc) is 2.29. The van der Waals surface area contributed by atoms with Gasteiger partial charge < -0.3 is 4.74 Å². The van der Waals surface area contributed by atoms with E-state index in [2.05, 4.69) is 25.7 Å². The monoisotopic (exact) mass is 307 g/mol. The van der Waals surface area contributed by atoms with Gasteiger partial charge in [-0.1, -0.05) is 0 Å². The summed E-state index contributed by atoms with van der Waals surface area (Å²) in [7, 11) is 0. The summed E-state index contributed by atoms with van der Waals surface area (Å²) in [6.07, 6.45) is 1.18. The first-order chi connectivity index (χ1) is 7.91. The van der Waals surface area contributed by atoms with Crippen molar-refractivity contribution >= 4 is 27.7 Å². The van der Waals surface area contributed by atoms with Gasteiger partial charge in [-0.15, -0.1) is 0 Å². The van der Waals surface area contributed by atoms with E-state index >= 15 is 0 Å². The van der Waals surface area contributed by atoms with Crippen LogP contribution >= 0.6 is 15.9 Å². The van der Waals surface area contributed by atoms with Gasteiger partial charge in [-0.05, 0) is 35.0 Å². The molecule has 1 aromatic heterocycles. The fourth-order valence-corrected chi connectivity index (χ4v) is 1.45. The number of ether oxygens (including phenoxy) is 1. The summed E-state index contributed by atoms with van der Waals surface area (Å²) in [6, 6.07) is 2.84. The maximum atomic E-state index is 13.4. The molecule has 4 nitrogen and oxygen atoms in total. The van der Waals surface area contributed by atoms with Crippen molar-refractivity contribution in [3.8, 4) is 0 Å². The van der Waals surface area contributed by atoms with Crippen molar-refractivity contribution in [3.05, 3.63) is 28.5 Å². The predicted molar refractivity (Wildman–Crippen MR) is 57.8 cm³/mol. The standard InChI is InChI=1S/C10H8BrF2NO3/c1-2-17-9(16)10(12,13)8(15)7-6(11)4-3-5-14-7/h3-5H,2H2,1H3. The molecular weight excluding hydrogens is 300 g/mol. The van der Waals surface area contributed by atoms with E-state index in [-0.39, 0.29) is 11.1 Å². The Labute approximate surface area is 104 Å². The predicted octanol–water partition coefficient (Wildman–Crippen LogP) is 2.23. The number of ketones is 1. The Morgan fingerprint density at radius 2 is 2.18 bits per heavy atom. The third kappa shape index (κ3) is 2.85. The lowest BCUT2D eigenvalue weighted by Crippen LogP contribution is -2.40. The first kappa shape index (κ1) is 13.7. The van der Waals surface area contributed by atoms with Crippen LogP contribution in [-0.4, -0.2) is 29.3 Å². The molecule has 0 aliphatic carbocycles. The summed E-state index contributed by atoms with van der Waals surface area (Å²) in [6.45, 7) is 1.14. The summed E-state index contributed by atoms with van der Waals surface area (Å²) in [4.78, 5) is 25.9. The Bertz CT molecular complexity index is 451. The molecule has 0 N–H and O–H groups in total. The number of nitrogens with zero attached hydrogens (tertiary/aromatic N) is 1. The molecule has 0 bridgehead atoms. The Kier molecular flexibility index (Phi) is 4.28. The van der Waals surface area contributed by atoms with E-state index in [1.807, 2.05) is 0 Å². The molecule has 0 unspecified atom stereocenters. The zero-order valence-corrected chi connectivity index (χ0v) is 10.3. The highest BCUT2D eigenvalue weighted by Crippen LogP contribution is 2.25. The Hall–Kier alpha value is -1.37. The van der Waals surface area contributed by atoms with E-state index in [4.69, 9.17) is 0 Å². The molecule has 0 amide bonds. The number of hydrogen-bond donors (Lipinski definition) is 0. The average molecular weight is 308 g/mol. The van der Waals surface area contributed by atoms with Gasteiger partial charge in [0.2, 0.25) is 0 Å². The summed E-state index contributed by atoms with van der Waals surface area (Å²) in [5, 5.41) is 0. The van der Waals surface area contributed by atoms with Crippen LogP contribution in [0.25, 0.3) is 0 Å². The van der Waals surface area contributed by atoms with Gasteiger partial charge in [-0.2, -0.15) is 8.78 Å². The van der Waals surface area contributed by atoms with Crippen molar-refractivity contribution in [3.63, 3.8) is 0 Å². The number of hydrogen-bond acceptors (Lipinski definition) is 4. The maximum absolute atomic E-state index is 13.4. The van der Waals surface area contributed by atoms with Crippen molar-refractivity contribution in [2.75, 3.05) is 6.61 Å². The molecule has 0 saturated carbocycles. The summed E-state index contributed by atoms with van der Waals surface area (Å²) in [5.41, 5.74) is -0.509. The van der Waals surface area contributed by atoms with Crippen LogP contribution in [0.2, 0.25) is 0 Å². The second-order valence-electron chi connectivity index (χ2n) is 2.96. The molecule has 17 heavy (non-hydrogen) atoms. The Morgan fingerprint density at radius 3 is 2.71 bits per heavy atom. The van der Waals surface area contributed by atoms with Gasteiger partial charge in [0.25, 0.3) is 5.78 Å². The largest absolute Gasteiger partial charge is 0.461 e. The lowest BCUT2D eigenvalue weighted by molar-refractivity contribution is -0.164. The van der Waals surface area contributed by atoms with Gasteiger partial charge in [-0.3, -0.25) is 9.78 Å². The minimum absolute atomic E-state index is 0.0916. The number of carbonyl (C=O) groups is 2. The molecule has 0 aromatic carbocycles. The number of alkyl halides is 2. The van der Waals surface area contributed by atoms with E-state index < -0.39 is 23.4 Å². The molecule has 1 heterocycles. The topological polar surface area (TPSA) is 56.3 Å². The first-order valence-electron chi connectivity index (χ1n) is 4.61. The number of halogens is 3. The molecule has 7 heteroatoms. The number of rotatable bonds is 4. The Balaban J connectivity index is 3.05. The van der Waals surface area contributed by atoms with Crippen LogP contribution in [0, 0.1) is 0 Å². The highest BCUT2D eigenvalue weighted by molar-refractivity contribution is 9.10. The molecule has 0 aliphatic rings. The SMILES string of the molecule is CCOC(=O)C(F)(F)C(=O)c1ncccc1Br. The third-order valence-electron chi connectivity index (χ3n) is 1.79. The summed E-state index contributed by atoms with van der Waals surface area (Å²) < 4.78 is 31.0. The molecule has 1 rings (SSSR count). The van der Waals surface area contributed by atoms with Crippen LogP contribution in [0.5, 0.6) is 0 Å². The van der Waals surface area contributed by atoms with Crippen molar-refractivity contribution in [1.82, 2.24) is 4.98 Å². The lowest BCUT2D eigenvalue weighted by Gasteiger charge is -2.13. The second-order valence-corrected chi connectivity index (χ2v) is 3.81. The van der Waals surface area contributed by atoms with Gasteiger partial charge in [0.1, 0.15) is 5.69 Å². The highest BCUT2D eigenvalue weighted by atomic mass is 79.9. The van der Waals surface area contributed by atoms with Crippen LogP contribution in [0.4, 0.5) is 8.78 Å². The Morgan fingerprint density at radius 1 is 1.53 bits per heavy atom. The van der Waals surface area contributed by atoms with Crippen molar-refractivity contribution < 1.29 is 23.1 Å². The minimum atomic E-state index is -4.23. The normalized spacial score (nSPS) is 11.1. The molecule has 0 spiro atoms. The number of pyridine rings is 1. The van der Waals surface area contributed by atoms with Crippen LogP contribution in [0.1, 0.15) is 17.4 Å². The number of carbonyl (C=O) groups excluding carboxylic acids is 2. The van der Waals surface area contributed by atoms with Crippen LogP contribution in [0.15, 0.2) is 22.8 Å². The van der Waals surface area contributed by atoms with E-state index in [0.29, 0.717) is 0 Å². The number of Topliss-reactive ketones (excluding diaryl/α,β-unsaturated/α-hetero) is 1. The lowest BCUT2D eigenvalue weighted by atomic mass is 10.1. The second kappa shape index (κ2) is 5.31. The zero-order valence-electron chi connectivity index (χ0n) is 8.75. The van der Waals surface area contributed by atoms with E-state index in [0.717, 1.165) is 0 Å². The fraction of sp³-hybridized carbons (Fsp3) is 0.300. The first-order valence-corrected chi connectivity index (χ1v) is 5.41. The molecule has 0 fully saturated rings. The molecule has 92 valence electrons. The smallest absolute Gasteiger partial charge is 0.405 e. The van der Waals surface area contributed by atoms with Crippen molar-refractivity contribution in [2.24, 2.45) is 0 Å². The van der Waals surface area contributed by atoms with E-state index in [1.54, 1.807) is 0 Å². The molecule has 0 radical (unpaired) electrons. The van der Waals surface area contributed by atoms with Gasteiger partial charge in [0.05, 0.1) is 6.61 Å². The summed E-state index contributed by atoms with van der Waals surface area (Å²) in [5.74, 6) is -7.79. The van der Waals surface area contributed by atoms with Gasteiger partial charge in [0, 0.05) is 10.7 Å². The summed E-state index contributed by atoms with van der Waals surface area (Å²) >= 11 is 2.91. The van der Waals surface area contributed by atoms with E-state index in [1.165, 1.54) is 25.3 Å². The van der Waals surface area contributed by atoms with Crippen LogP contribution < -0.4 is 0 Å². The zero-order chi connectivity index (χ0) is 13.1. The molecule has 0 aliphatic heterocycles. The molecule has 1 aromatic rings. The quantitative estimate of drug-likeness (QED) is 0.486.